The predicted octanol–water partition coefficient (Wildman–Crippen LogP) is 0.0549. The number of aliphatic hydroxyl groups is 1. The van der Waals surface area contributed by atoms with Crippen LogP contribution in [0.15, 0.2) is 12.2 Å². The van der Waals surface area contributed by atoms with Crippen molar-refractivity contribution < 1.29 is 19.3 Å². The molecule has 0 rings (SSSR count). The minimum Gasteiger partial charge on any atom is -0.621 e. The average Bonchev–Trinajstić information content (AvgIpc) is 1.98. The first-order valence-electron chi connectivity index (χ1n) is 4.17. The Morgan fingerprint density at radius 2 is 1.93 bits per heavy atom. The minimum absolute atomic E-state index is 0.203. The number of likely N-dealkylation sites (N-methyl/N-ethyl adjacent to an activating group) is 1. The third-order valence-corrected chi connectivity index (χ3v) is 2.76. The maximum absolute atomic E-state index is 11.4. The lowest BCUT2D eigenvalue weighted by molar-refractivity contribution is -0.861. The molecular weight excluding hydrogens is 201 g/mol. The van der Waals surface area contributed by atoms with E-state index < -0.39 is 13.3 Å². The van der Waals surface area contributed by atoms with Crippen LogP contribution in [0.3, 0.4) is 0 Å². The van der Waals surface area contributed by atoms with Gasteiger partial charge in [0.2, 0.25) is 0 Å². The molecule has 0 heterocycles. The zero-order valence-corrected chi connectivity index (χ0v) is 9.97. The van der Waals surface area contributed by atoms with E-state index in [0.29, 0.717) is 4.48 Å². The van der Waals surface area contributed by atoms with Gasteiger partial charge in [-0.25, -0.2) is 4.79 Å². The van der Waals surface area contributed by atoms with Crippen LogP contribution in [-0.4, -0.2) is 48.3 Å². The molecule has 1 N–H and O–H groups in total. The van der Waals surface area contributed by atoms with Crippen LogP contribution >= 0.6 is 7.77 Å². The van der Waals surface area contributed by atoms with Crippen LogP contribution in [0.25, 0.3) is 0 Å². The monoisotopic (exact) mass is 218 g/mol. The van der Waals surface area contributed by atoms with Crippen LogP contribution in [0.2, 0.25) is 0 Å². The Labute approximate surface area is 85.5 Å². The number of carbonyl (C=O) groups excluding carboxylic acids is 1. The van der Waals surface area contributed by atoms with Gasteiger partial charge in [0.05, 0.1) is 21.1 Å². The fraction of sp³-hybridized carbons (Fsp3) is 0.556. The SMILES string of the molecule is C=C(C)C(=O)/[P+]([O-])=C(\O)C[N+](C)(C)C. The van der Waals surface area contributed by atoms with Crippen molar-refractivity contribution in [3.05, 3.63) is 12.2 Å². The van der Waals surface area contributed by atoms with E-state index in [2.05, 4.69) is 6.58 Å². The van der Waals surface area contributed by atoms with Gasteiger partial charge in [0.15, 0.2) is 14.3 Å². The van der Waals surface area contributed by atoms with Crippen molar-refractivity contribution in [2.45, 2.75) is 6.92 Å². The van der Waals surface area contributed by atoms with Gasteiger partial charge in [-0.2, -0.15) is 0 Å². The Morgan fingerprint density at radius 3 is 2.21 bits per heavy atom. The summed E-state index contributed by atoms with van der Waals surface area (Å²) in [5.41, 5.74) is -0.634. The zero-order chi connectivity index (χ0) is 11.5. The summed E-state index contributed by atoms with van der Waals surface area (Å²) in [6.45, 7) is 5.08. The Balaban J connectivity index is 4.77. The minimum atomic E-state index is -2.34. The summed E-state index contributed by atoms with van der Waals surface area (Å²) in [4.78, 5) is 22.6. The van der Waals surface area contributed by atoms with Gasteiger partial charge in [-0.3, -0.25) is 0 Å². The molecule has 0 aliphatic rings. The number of hydrogen-bond donors (Lipinski definition) is 1. The highest BCUT2D eigenvalue weighted by molar-refractivity contribution is 7.69. The lowest BCUT2D eigenvalue weighted by Crippen LogP contribution is -2.39. The maximum atomic E-state index is 11.4. The standard InChI is InChI=1S/C9H16NO3P/c1-7(2)9(12)14(13)8(11)6-10(3,4)5/h1,6H2,2-5H3/p+1. The molecule has 0 radical (unpaired) electrons. The quantitative estimate of drug-likeness (QED) is 0.412. The van der Waals surface area contributed by atoms with E-state index in [1.807, 2.05) is 21.1 Å². The van der Waals surface area contributed by atoms with Crippen molar-refractivity contribution in [1.82, 2.24) is 0 Å². The summed E-state index contributed by atoms with van der Waals surface area (Å²) in [5, 5.41) is 9.43. The number of allylic oxidation sites excluding steroid dienone is 1. The summed E-state index contributed by atoms with van der Waals surface area (Å²) in [7, 11) is 3.18. The lowest BCUT2D eigenvalue weighted by atomic mass is 10.4. The van der Waals surface area contributed by atoms with Crippen LogP contribution in [0.4, 0.5) is 0 Å². The highest BCUT2D eigenvalue weighted by atomic mass is 31.1. The van der Waals surface area contributed by atoms with Crippen molar-refractivity contribution in [2.75, 3.05) is 27.7 Å². The number of nitrogens with zero attached hydrogens (tertiary/aromatic N) is 1. The van der Waals surface area contributed by atoms with E-state index in [1.54, 1.807) is 0 Å². The van der Waals surface area contributed by atoms with Crippen molar-refractivity contribution in [1.29, 1.82) is 0 Å². The first-order valence-corrected chi connectivity index (χ1v) is 5.43. The third kappa shape index (κ3) is 4.63. The summed E-state index contributed by atoms with van der Waals surface area (Å²) >= 11 is 0. The topological polar surface area (TPSA) is 60.4 Å². The van der Waals surface area contributed by atoms with Crippen molar-refractivity contribution in [3.8, 4) is 0 Å². The smallest absolute Gasteiger partial charge is 0.347 e. The van der Waals surface area contributed by atoms with Gasteiger partial charge in [0, 0.05) is 5.57 Å². The molecule has 0 saturated heterocycles. The molecule has 0 aromatic rings. The Hall–Kier alpha value is -0.540. The molecule has 0 amide bonds. The third-order valence-electron chi connectivity index (χ3n) is 1.40. The van der Waals surface area contributed by atoms with E-state index in [9.17, 15) is 14.8 Å². The molecule has 0 saturated carbocycles. The first kappa shape index (κ1) is 13.5. The molecule has 80 valence electrons. The number of aliphatic hydroxyl groups excluding tert-OH is 1. The van der Waals surface area contributed by atoms with Crippen molar-refractivity contribution in [3.63, 3.8) is 0 Å². The summed E-state index contributed by atoms with van der Waals surface area (Å²) < 4.78 is 0.427. The number of quaternary nitrogens is 1. The Kier molecular flexibility index (Phi) is 4.62. The molecule has 0 aliphatic heterocycles. The van der Waals surface area contributed by atoms with Crippen LogP contribution in [0.1, 0.15) is 6.92 Å². The molecule has 0 aliphatic carbocycles. The summed E-state index contributed by atoms with van der Waals surface area (Å²) in [6.07, 6.45) is 0. The van der Waals surface area contributed by atoms with Gasteiger partial charge >= 0.3 is 5.52 Å². The van der Waals surface area contributed by atoms with E-state index in [1.165, 1.54) is 6.92 Å². The van der Waals surface area contributed by atoms with Crippen LogP contribution in [-0.2, 0) is 4.79 Å². The maximum Gasteiger partial charge on any atom is 0.347 e. The van der Waals surface area contributed by atoms with E-state index in [0.717, 1.165) is 0 Å². The van der Waals surface area contributed by atoms with Crippen molar-refractivity contribution in [2.24, 2.45) is 0 Å². The Bertz CT molecular complexity index is 289. The highest BCUT2D eigenvalue weighted by Gasteiger charge is 2.23. The van der Waals surface area contributed by atoms with Crippen LogP contribution in [0, 0.1) is 0 Å². The van der Waals surface area contributed by atoms with Crippen LogP contribution in [0.5, 0.6) is 0 Å². The second kappa shape index (κ2) is 4.80. The second-order valence-electron chi connectivity index (χ2n) is 4.24. The number of rotatable bonds is 4. The normalized spacial score (nSPS) is 13.6. The van der Waals surface area contributed by atoms with Gasteiger partial charge in [-0.1, -0.05) is 6.58 Å². The fourth-order valence-electron chi connectivity index (χ4n) is 0.779. The molecule has 1 unspecified atom stereocenters. The van der Waals surface area contributed by atoms with Gasteiger partial charge in [-0.05, 0) is 6.92 Å². The van der Waals surface area contributed by atoms with Crippen molar-refractivity contribution >= 4 is 18.8 Å². The fourth-order valence-corrected chi connectivity index (χ4v) is 1.91. The predicted molar refractivity (Wildman–Crippen MR) is 56.6 cm³/mol. The van der Waals surface area contributed by atoms with Gasteiger partial charge in [0.25, 0.3) is 5.48 Å². The molecule has 5 heteroatoms. The summed E-state index contributed by atoms with van der Waals surface area (Å²) in [6, 6.07) is 0. The van der Waals surface area contributed by atoms with E-state index in [4.69, 9.17) is 0 Å². The number of carbonyl (C=O) groups is 1. The molecule has 0 bridgehead atoms. The number of hydrogen-bond acceptors (Lipinski definition) is 2. The van der Waals surface area contributed by atoms with E-state index >= 15 is 0 Å². The molecule has 0 fully saturated rings. The Morgan fingerprint density at radius 1 is 1.50 bits per heavy atom. The van der Waals surface area contributed by atoms with Crippen LogP contribution < -0.4 is 4.89 Å². The molecule has 1 atom stereocenters. The average molecular weight is 218 g/mol. The second-order valence-corrected chi connectivity index (χ2v) is 5.76. The highest BCUT2D eigenvalue weighted by Crippen LogP contribution is 2.19. The van der Waals surface area contributed by atoms with Gasteiger partial charge in [0.1, 0.15) is 0 Å². The molecule has 0 aromatic carbocycles. The zero-order valence-electron chi connectivity index (χ0n) is 9.07. The molecule has 14 heavy (non-hydrogen) atoms. The molecule has 0 spiro atoms. The lowest BCUT2D eigenvalue weighted by Gasteiger charge is -2.21. The van der Waals surface area contributed by atoms with E-state index in [-0.39, 0.29) is 17.6 Å². The summed E-state index contributed by atoms with van der Waals surface area (Å²) in [5.74, 6) is 0. The van der Waals surface area contributed by atoms with Gasteiger partial charge in [-0.15, -0.1) is 0 Å². The largest absolute Gasteiger partial charge is 0.621 e. The molecule has 0 aromatic heterocycles. The molecular formula is C9H17NO3P+. The van der Waals surface area contributed by atoms with Gasteiger partial charge < -0.3 is 14.5 Å². The first-order chi connectivity index (χ1) is 6.15. The molecule has 4 nitrogen and oxygen atoms in total.